The van der Waals surface area contributed by atoms with Gasteiger partial charge in [0, 0.05) is 12.1 Å². The van der Waals surface area contributed by atoms with Crippen LogP contribution in [0.15, 0.2) is 12.1 Å². The van der Waals surface area contributed by atoms with Crippen LogP contribution < -0.4 is 11.1 Å². The number of nitrogens with one attached hydrogen (secondary N) is 1. The topological polar surface area (TPSA) is 89.6 Å². The molecule has 6 nitrogen and oxygen atoms in total. The van der Waals surface area contributed by atoms with E-state index in [0.29, 0.717) is 28.5 Å². The van der Waals surface area contributed by atoms with Gasteiger partial charge in [0.2, 0.25) is 0 Å². The summed E-state index contributed by atoms with van der Waals surface area (Å²) in [6, 6.07) is 3.44. The molecule has 0 atom stereocenters. The molecule has 0 aliphatic rings. The molecule has 2 aromatic heterocycles. The maximum absolute atomic E-state index is 5.79. The molecule has 2 heterocycles. The zero-order valence-corrected chi connectivity index (χ0v) is 11.0. The lowest BCUT2D eigenvalue weighted by molar-refractivity contribution is 0.968. The van der Waals surface area contributed by atoms with Gasteiger partial charge in [0.15, 0.2) is 16.1 Å². The number of anilines is 2. The van der Waals surface area contributed by atoms with Crippen LogP contribution in [0.5, 0.6) is 0 Å². The van der Waals surface area contributed by atoms with Crippen molar-refractivity contribution in [3.05, 3.63) is 33.6 Å². The smallest absolute Gasteiger partial charge is 0.154 e. The van der Waals surface area contributed by atoms with E-state index in [2.05, 4.69) is 25.7 Å². The number of aromatic nitrogens is 4. The standard InChI is InChI=1S/C10H10Cl2N6/c1-5-2-8(16-17-9(5)12)14-4-6-3-7(11)15-18-10(6)13/h2-3H,4H2,1H3,(H2,13,18)(H,14,16). The van der Waals surface area contributed by atoms with E-state index in [9.17, 15) is 0 Å². The Morgan fingerprint density at radius 1 is 1.17 bits per heavy atom. The van der Waals surface area contributed by atoms with Gasteiger partial charge in [-0.1, -0.05) is 23.2 Å². The highest BCUT2D eigenvalue weighted by molar-refractivity contribution is 6.30. The Kier molecular flexibility index (Phi) is 3.78. The molecule has 2 aromatic rings. The maximum atomic E-state index is 5.79. The summed E-state index contributed by atoms with van der Waals surface area (Å²) in [6.45, 7) is 2.28. The number of hydrogen-bond donors (Lipinski definition) is 2. The first-order chi connectivity index (χ1) is 8.56. The monoisotopic (exact) mass is 284 g/mol. The van der Waals surface area contributed by atoms with Crippen molar-refractivity contribution in [2.45, 2.75) is 13.5 Å². The van der Waals surface area contributed by atoms with Crippen LogP contribution in [0.1, 0.15) is 11.1 Å². The van der Waals surface area contributed by atoms with Crippen molar-refractivity contribution in [1.82, 2.24) is 20.4 Å². The van der Waals surface area contributed by atoms with E-state index in [0.717, 1.165) is 11.1 Å². The lowest BCUT2D eigenvalue weighted by Gasteiger charge is -2.07. The Morgan fingerprint density at radius 2 is 1.94 bits per heavy atom. The molecule has 8 heteroatoms. The number of nitrogen functional groups attached to an aromatic ring is 1. The first kappa shape index (κ1) is 12.8. The van der Waals surface area contributed by atoms with Crippen LogP contribution in [0, 0.1) is 6.92 Å². The van der Waals surface area contributed by atoms with Gasteiger partial charge in [0.25, 0.3) is 0 Å². The maximum Gasteiger partial charge on any atom is 0.154 e. The van der Waals surface area contributed by atoms with E-state index in [1.54, 1.807) is 12.1 Å². The highest BCUT2D eigenvalue weighted by Gasteiger charge is 2.05. The molecule has 2 rings (SSSR count). The Balaban J connectivity index is 2.11. The van der Waals surface area contributed by atoms with Gasteiger partial charge in [-0.2, -0.15) is 0 Å². The second kappa shape index (κ2) is 5.32. The fourth-order valence-electron chi connectivity index (χ4n) is 1.30. The lowest BCUT2D eigenvalue weighted by Crippen LogP contribution is -2.07. The molecule has 0 bridgehead atoms. The van der Waals surface area contributed by atoms with E-state index in [1.165, 1.54) is 0 Å². The molecule has 94 valence electrons. The summed E-state index contributed by atoms with van der Waals surface area (Å²) in [4.78, 5) is 0. The SMILES string of the molecule is Cc1cc(NCc2cc(Cl)nnc2N)nnc1Cl. The van der Waals surface area contributed by atoms with Crippen molar-refractivity contribution in [1.29, 1.82) is 0 Å². The summed E-state index contributed by atoms with van der Waals surface area (Å²) in [7, 11) is 0. The number of hydrogen-bond acceptors (Lipinski definition) is 6. The van der Waals surface area contributed by atoms with Crippen LogP contribution in [0.3, 0.4) is 0 Å². The van der Waals surface area contributed by atoms with Crippen LogP contribution >= 0.6 is 23.2 Å². The molecule has 0 saturated carbocycles. The minimum atomic E-state index is 0.291. The van der Waals surface area contributed by atoms with Gasteiger partial charge in [-0.15, -0.1) is 20.4 Å². The molecule has 0 fully saturated rings. The summed E-state index contributed by atoms with van der Waals surface area (Å²) in [5, 5.41) is 18.8. The van der Waals surface area contributed by atoms with E-state index in [4.69, 9.17) is 28.9 Å². The van der Waals surface area contributed by atoms with Crippen LogP contribution in [-0.2, 0) is 6.54 Å². The van der Waals surface area contributed by atoms with Gasteiger partial charge in [0.1, 0.15) is 5.82 Å². The van der Waals surface area contributed by atoms with Crippen LogP contribution in [0.2, 0.25) is 10.3 Å². The third-order valence-electron chi connectivity index (χ3n) is 2.26. The Bertz CT molecular complexity index is 574. The van der Waals surface area contributed by atoms with Crippen LogP contribution in [-0.4, -0.2) is 20.4 Å². The minimum absolute atomic E-state index is 0.291. The van der Waals surface area contributed by atoms with Crippen molar-refractivity contribution < 1.29 is 0 Å². The number of aryl methyl sites for hydroxylation is 1. The van der Waals surface area contributed by atoms with E-state index in [1.807, 2.05) is 6.92 Å². The highest BCUT2D eigenvalue weighted by Crippen LogP contribution is 2.16. The van der Waals surface area contributed by atoms with Gasteiger partial charge >= 0.3 is 0 Å². The van der Waals surface area contributed by atoms with E-state index in [-0.39, 0.29) is 0 Å². The number of nitrogens with two attached hydrogens (primary N) is 1. The molecule has 0 radical (unpaired) electrons. The molecule has 18 heavy (non-hydrogen) atoms. The summed E-state index contributed by atoms with van der Waals surface area (Å²) >= 11 is 11.5. The van der Waals surface area contributed by atoms with Crippen molar-refractivity contribution in [3.8, 4) is 0 Å². The minimum Gasteiger partial charge on any atom is -0.382 e. The molecule has 0 amide bonds. The summed E-state index contributed by atoms with van der Waals surface area (Å²) in [5.41, 5.74) is 7.26. The quantitative estimate of drug-likeness (QED) is 0.897. The molecule has 0 aliphatic carbocycles. The predicted molar refractivity (Wildman–Crippen MR) is 70.6 cm³/mol. The van der Waals surface area contributed by atoms with Crippen molar-refractivity contribution in [2.24, 2.45) is 0 Å². The third-order valence-corrected chi connectivity index (χ3v) is 2.82. The zero-order chi connectivity index (χ0) is 13.1. The lowest BCUT2D eigenvalue weighted by atomic mass is 10.2. The molecular weight excluding hydrogens is 275 g/mol. The molecule has 0 aliphatic heterocycles. The summed E-state index contributed by atoms with van der Waals surface area (Å²) < 4.78 is 0. The third kappa shape index (κ3) is 2.96. The van der Waals surface area contributed by atoms with Gasteiger partial charge in [0.05, 0.1) is 0 Å². The van der Waals surface area contributed by atoms with Gasteiger partial charge in [-0.05, 0) is 24.6 Å². The highest BCUT2D eigenvalue weighted by atomic mass is 35.5. The molecule has 0 saturated heterocycles. The Hall–Kier alpha value is -1.66. The fraction of sp³-hybridized carbons (Fsp3) is 0.200. The van der Waals surface area contributed by atoms with Crippen molar-refractivity contribution in [2.75, 3.05) is 11.1 Å². The van der Waals surface area contributed by atoms with Gasteiger partial charge in [-0.25, -0.2) is 0 Å². The second-order valence-corrected chi connectivity index (χ2v) is 4.38. The first-order valence-corrected chi connectivity index (χ1v) is 5.83. The van der Waals surface area contributed by atoms with Gasteiger partial charge < -0.3 is 11.1 Å². The second-order valence-electron chi connectivity index (χ2n) is 3.63. The van der Waals surface area contributed by atoms with E-state index < -0.39 is 0 Å². The number of rotatable bonds is 3. The Labute approximate surface area is 114 Å². The predicted octanol–water partition coefficient (Wildman–Crippen LogP) is 2.08. The number of nitrogens with zero attached hydrogens (tertiary/aromatic N) is 4. The fourth-order valence-corrected chi connectivity index (χ4v) is 1.56. The first-order valence-electron chi connectivity index (χ1n) is 5.07. The largest absolute Gasteiger partial charge is 0.382 e. The van der Waals surface area contributed by atoms with Crippen molar-refractivity contribution in [3.63, 3.8) is 0 Å². The molecule has 0 spiro atoms. The Morgan fingerprint density at radius 3 is 2.67 bits per heavy atom. The zero-order valence-electron chi connectivity index (χ0n) is 9.48. The molecule has 0 aromatic carbocycles. The summed E-state index contributed by atoms with van der Waals surface area (Å²) in [6.07, 6.45) is 0. The summed E-state index contributed by atoms with van der Waals surface area (Å²) in [5.74, 6) is 0.926. The van der Waals surface area contributed by atoms with Crippen molar-refractivity contribution >= 4 is 34.8 Å². The van der Waals surface area contributed by atoms with Crippen LogP contribution in [0.25, 0.3) is 0 Å². The van der Waals surface area contributed by atoms with Crippen LogP contribution in [0.4, 0.5) is 11.6 Å². The average Bonchev–Trinajstić information content (AvgIpc) is 2.34. The molecule has 3 N–H and O–H groups in total. The van der Waals surface area contributed by atoms with Gasteiger partial charge in [-0.3, -0.25) is 0 Å². The average molecular weight is 285 g/mol. The molecule has 0 unspecified atom stereocenters. The number of halogens is 2. The molecular formula is C10H10Cl2N6. The van der Waals surface area contributed by atoms with E-state index >= 15 is 0 Å². The normalized spacial score (nSPS) is 10.4.